The summed E-state index contributed by atoms with van der Waals surface area (Å²) < 4.78 is 13.5. The molecule has 0 saturated carbocycles. The summed E-state index contributed by atoms with van der Waals surface area (Å²) in [6, 6.07) is 10.6. The molecule has 2 aromatic carbocycles. The Hall–Kier alpha value is -2.79. The summed E-state index contributed by atoms with van der Waals surface area (Å²) in [5, 5.41) is 3.05. The van der Waals surface area contributed by atoms with E-state index in [4.69, 9.17) is 11.6 Å². The van der Waals surface area contributed by atoms with Gasteiger partial charge in [-0.1, -0.05) is 29.8 Å². The molecule has 0 fully saturated rings. The molecular weight excluding hydrogens is 365 g/mol. The number of hydrogen-bond donors (Lipinski definition) is 1. The van der Waals surface area contributed by atoms with Crippen LogP contribution in [0.4, 0.5) is 4.39 Å². The van der Waals surface area contributed by atoms with Crippen LogP contribution in [-0.4, -0.2) is 15.9 Å². The molecule has 1 N–H and O–H groups in total. The molecular formula is C21H17ClFN3O. The van der Waals surface area contributed by atoms with Gasteiger partial charge < -0.3 is 5.32 Å². The number of carbonyl (C=O) groups excluding carboxylic acids is 1. The highest BCUT2D eigenvalue weighted by Gasteiger charge is 2.40. The van der Waals surface area contributed by atoms with Crippen molar-refractivity contribution in [2.24, 2.45) is 0 Å². The van der Waals surface area contributed by atoms with E-state index < -0.39 is 11.2 Å². The van der Waals surface area contributed by atoms with Crippen LogP contribution in [0.15, 0.2) is 55.1 Å². The van der Waals surface area contributed by atoms with Gasteiger partial charge in [-0.15, -0.1) is 0 Å². The minimum Gasteiger partial charge on any atom is -0.351 e. The lowest BCUT2D eigenvalue weighted by atomic mass is 9.72. The van der Waals surface area contributed by atoms with Crippen LogP contribution >= 0.6 is 11.6 Å². The molecule has 4 nitrogen and oxygen atoms in total. The second-order valence-electron chi connectivity index (χ2n) is 6.94. The minimum absolute atomic E-state index is 0.0341. The third-order valence-electron chi connectivity index (χ3n) is 5.07. The van der Waals surface area contributed by atoms with Crippen LogP contribution in [0, 0.1) is 5.82 Å². The average molecular weight is 382 g/mol. The molecule has 1 aliphatic heterocycles. The maximum Gasteiger partial charge on any atom is 0.230 e. The Labute approximate surface area is 161 Å². The lowest BCUT2D eigenvalue weighted by Crippen LogP contribution is -2.48. The van der Waals surface area contributed by atoms with E-state index in [0.717, 1.165) is 27.8 Å². The fourth-order valence-electron chi connectivity index (χ4n) is 3.60. The second kappa shape index (κ2) is 6.74. The van der Waals surface area contributed by atoms with Crippen LogP contribution in [0.5, 0.6) is 0 Å². The molecule has 0 saturated heterocycles. The van der Waals surface area contributed by atoms with E-state index in [9.17, 15) is 9.18 Å². The molecule has 6 heteroatoms. The lowest BCUT2D eigenvalue weighted by molar-refractivity contribution is -0.127. The molecule has 136 valence electrons. The molecule has 1 unspecified atom stereocenters. The summed E-state index contributed by atoms with van der Waals surface area (Å²) in [6.07, 6.45) is 5.41. The second-order valence-corrected chi connectivity index (χ2v) is 7.35. The number of nitrogens with one attached hydrogen (secondary N) is 1. The van der Waals surface area contributed by atoms with Crippen molar-refractivity contribution in [1.29, 1.82) is 0 Å². The normalized spacial score (nSPS) is 18.7. The Bertz CT molecular complexity index is 1030. The number of fused-ring (bicyclic) bond motifs is 1. The first kappa shape index (κ1) is 17.6. The number of carbonyl (C=O) groups is 1. The number of nitrogens with zero attached hydrogens (tertiary/aromatic N) is 2. The van der Waals surface area contributed by atoms with Crippen molar-refractivity contribution >= 4 is 17.5 Å². The summed E-state index contributed by atoms with van der Waals surface area (Å²) in [5.41, 5.74) is 3.84. The fourth-order valence-corrected chi connectivity index (χ4v) is 3.78. The van der Waals surface area contributed by atoms with Gasteiger partial charge in [0.05, 0.1) is 10.4 Å². The third-order valence-corrected chi connectivity index (χ3v) is 5.36. The van der Waals surface area contributed by atoms with Crippen molar-refractivity contribution in [2.75, 3.05) is 0 Å². The topological polar surface area (TPSA) is 54.9 Å². The van der Waals surface area contributed by atoms with E-state index in [1.807, 2.05) is 25.1 Å². The van der Waals surface area contributed by atoms with Crippen molar-refractivity contribution in [3.8, 4) is 11.1 Å². The van der Waals surface area contributed by atoms with E-state index in [-0.39, 0.29) is 10.9 Å². The molecule has 1 aliphatic rings. The molecule has 0 radical (unpaired) electrons. The zero-order chi connectivity index (χ0) is 19.0. The van der Waals surface area contributed by atoms with Gasteiger partial charge in [-0.05, 0) is 59.4 Å². The molecule has 2 heterocycles. The molecule has 4 rings (SSSR count). The van der Waals surface area contributed by atoms with Crippen molar-refractivity contribution in [1.82, 2.24) is 15.3 Å². The molecule has 1 atom stereocenters. The molecule has 0 bridgehead atoms. The Kier molecular flexibility index (Phi) is 4.40. The zero-order valence-electron chi connectivity index (χ0n) is 14.7. The van der Waals surface area contributed by atoms with E-state index in [0.29, 0.717) is 13.0 Å². The molecule has 0 spiro atoms. The number of aromatic nitrogens is 2. The van der Waals surface area contributed by atoms with E-state index >= 15 is 0 Å². The summed E-state index contributed by atoms with van der Waals surface area (Å²) in [6.45, 7) is 2.41. The Morgan fingerprint density at radius 1 is 1.15 bits per heavy atom. The molecule has 27 heavy (non-hydrogen) atoms. The van der Waals surface area contributed by atoms with Gasteiger partial charge in [0.1, 0.15) is 12.1 Å². The van der Waals surface area contributed by atoms with Gasteiger partial charge in [-0.2, -0.15) is 0 Å². The number of rotatable bonds is 3. The molecule has 1 amide bonds. The number of hydrogen-bond acceptors (Lipinski definition) is 3. The van der Waals surface area contributed by atoms with E-state index in [2.05, 4.69) is 15.3 Å². The molecule has 1 aromatic heterocycles. The summed E-state index contributed by atoms with van der Waals surface area (Å²) in [4.78, 5) is 20.9. The number of benzene rings is 2. The fraction of sp³-hybridized carbons (Fsp3) is 0.190. The maximum atomic E-state index is 13.5. The van der Waals surface area contributed by atoms with Gasteiger partial charge in [0.25, 0.3) is 0 Å². The molecule has 0 aliphatic carbocycles. The van der Waals surface area contributed by atoms with Crippen molar-refractivity contribution < 1.29 is 9.18 Å². The van der Waals surface area contributed by atoms with Crippen LogP contribution in [-0.2, 0) is 23.2 Å². The van der Waals surface area contributed by atoms with Gasteiger partial charge in [0.2, 0.25) is 5.91 Å². The predicted octanol–water partition coefficient (Wildman–Crippen LogP) is 4.07. The predicted molar refractivity (Wildman–Crippen MR) is 102 cm³/mol. The van der Waals surface area contributed by atoms with Crippen molar-refractivity contribution in [3.05, 3.63) is 82.6 Å². The lowest BCUT2D eigenvalue weighted by Gasteiger charge is -2.35. The largest absolute Gasteiger partial charge is 0.351 e. The van der Waals surface area contributed by atoms with Gasteiger partial charge in [0, 0.05) is 18.9 Å². The first-order valence-electron chi connectivity index (χ1n) is 8.58. The van der Waals surface area contributed by atoms with Crippen molar-refractivity contribution in [3.63, 3.8) is 0 Å². The first-order chi connectivity index (χ1) is 13.0. The van der Waals surface area contributed by atoms with Crippen LogP contribution in [0.25, 0.3) is 11.1 Å². The Morgan fingerprint density at radius 3 is 2.59 bits per heavy atom. The summed E-state index contributed by atoms with van der Waals surface area (Å²) in [5.74, 6) is -0.486. The molecule has 3 aromatic rings. The van der Waals surface area contributed by atoms with Gasteiger partial charge in [-0.3, -0.25) is 4.79 Å². The van der Waals surface area contributed by atoms with E-state index in [1.165, 1.54) is 12.4 Å². The first-order valence-corrected chi connectivity index (χ1v) is 8.96. The standard InChI is InChI=1S/C21H17ClFN3O/c1-21(8-13-9-24-12-25-10-13)17-6-14(2-3-16(17)11-26-20(21)27)15-4-5-19(23)18(22)7-15/h2-7,9-10,12H,8,11H2,1H3,(H,26,27). The number of amides is 1. The average Bonchev–Trinajstić information content (AvgIpc) is 2.68. The Balaban J connectivity index is 1.80. The quantitative estimate of drug-likeness (QED) is 0.744. The SMILES string of the molecule is CC1(Cc2cncnc2)C(=O)NCc2ccc(-c3ccc(F)c(Cl)c3)cc21. The third kappa shape index (κ3) is 3.19. The van der Waals surface area contributed by atoms with Crippen LogP contribution in [0.3, 0.4) is 0 Å². The minimum atomic E-state index is -0.752. The van der Waals surface area contributed by atoms with Crippen LogP contribution in [0.2, 0.25) is 5.02 Å². The van der Waals surface area contributed by atoms with Crippen LogP contribution in [0.1, 0.15) is 23.6 Å². The van der Waals surface area contributed by atoms with Crippen molar-refractivity contribution in [2.45, 2.75) is 25.3 Å². The summed E-state index contributed by atoms with van der Waals surface area (Å²) >= 11 is 5.94. The number of halogens is 2. The van der Waals surface area contributed by atoms with Gasteiger partial charge >= 0.3 is 0 Å². The van der Waals surface area contributed by atoms with Crippen LogP contribution < -0.4 is 5.32 Å². The highest BCUT2D eigenvalue weighted by Crippen LogP contribution is 2.37. The van der Waals surface area contributed by atoms with Gasteiger partial charge in [0.15, 0.2) is 0 Å². The smallest absolute Gasteiger partial charge is 0.230 e. The Morgan fingerprint density at radius 2 is 1.85 bits per heavy atom. The zero-order valence-corrected chi connectivity index (χ0v) is 15.4. The van der Waals surface area contributed by atoms with E-state index in [1.54, 1.807) is 24.5 Å². The highest BCUT2D eigenvalue weighted by molar-refractivity contribution is 6.31. The highest BCUT2D eigenvalue weighted by atomic mass is 35.5. The maximum absolute atomic E-state index is 13.5. The van der Waals surface area contributed by atoms with Gasteiger partial charge in [-0.25, -0.2) is 14.4 Å². The summed E-state index contributed by atoms with van der Waals surface area (Å²) in [7, 11) is 0. The monoisotopic (exact) mass is 381 g/mol.